The van der Waals surface area contributed by atoms with Crippen molar-refractivity contribution in [2.75, 3.05) is 26.0 Å². The Kier molecular flexibility index (Phi) is 6.08. The van der Waals surface area contributed by atoms with E-state index in [-0.39, 0.29) is 11.6 Å². The third kappa shape index (κ3) is 5.13. The molecule has 0 heterocycles. The van der Waals surface area contributed by atoms with Crippen LogP contribution in [0.1, 0.15) is 13.3 Å². The van der Waals surface area contributed by atoms with Gasteiger partial charge in [0.25, 0.3) is 5.91 Å². The molecule has 6 heteroatoms. The van der Waals surface area contributed by atoms with E-state index < -0.39 is 11.9 Å². The number of nitrogens with two attached hydrogens (primary N) is 1. The molecule has 0 saturated heterocycles. The van der Waals surface area contributed by atoms with Crippen molar-refractivity contribution in [3.63, 3.8) is 0 Å². The van der Waals surface area contributed by atoms with Gasteiger partial charge in [0, 0.05) is 26.3 Å². The Morgan fingerprint density at radius 3 is 2.89 bits per heavy atom. The molecule has 1 atom stereocenters. The first-order valence-electron chi connectivity index (χ1n) is 6.03. The minimum absolute atomic E-state index is 0.166. The van der Waals surface area contributed by atoms with Crippen LogP contribution in [-0.4, -0.2) is 32.3 Å². The number of nitrogen functional groups attached to an aromatic ring is 1. The molecule has 0 fully saturated rings. The maximum atomic E-state index is 12.9. The lowest BCUT2D eigenvalue weighted by Gasteiger charge is -2.16. The van der Waals surface area contributed by atoms with Crippen LogP contribution in [0, 0.1) is 5.82 Å². The van der Waals surface area contributed by atoms with Crippen molar-refractivity contribution >= 4 is 11.6 Å². The summed E-state index contributed by atoms with van der Waals surface area (Å²) in [6.07, 6.45) is 0.0310. The summed E-state index contributed by atoms with van der Waals surface area (Å²) in [6, 6.07) is 3.78. The van der Waals surface area contributed by atoms with E-state index in [1.165, 1.54) is 12.1 Å². The highest BCUT2D eigenvalue weighted by molar-refractivity contribution is 5.80. The molecule has 1 unspecified atom stereocenters. The summed E-state index contributed by atoms with van der Waals surface area (Å²) < 4.78 is 23.1. The number of methoxy groups -OCH3 is 1. The van der Waals surface area contributed by atoms with Crippen molar-refractivity contribution in [2.24, 2.45) is 0 Å². The second-order valence-corrected chi connectivity index (χ2v) is 4.08. The van der Waals surface area contributed by atoms with Crippen LogP contribution in [0.2, 0.25) is 0 Å². The molecular weight excluding hydrogens is 251 g/mol. The Balaban J connectivity index is 2.45. The second-order valence-electron chi connectivity index (χ2n) is 4.08. The van der Waals surface area contributed by atoms with Crippen molar-refractivity contribution in [3.05, 3.63) is 24.0 Å². The third-order valence-electron chi connectivity index (χ3n) is 2.47. The van der Waals surface area contributed by atoms with Gasteiger partial charge in [-0.1, -0.05) is 0 Å². The van der Waals surface area contributed by atoms with Crippen molar-refractivity contribution in [2.45, 2.75) is 19.4 Å². The molecule has 1 amide bonds. The van der Waals surface area contributed by atoms with E-state index in [0.29, 0.717) is 18.9 Å². The highest BCUT2D eigenvalue weighted by atomic mass is 19.1. The average molecular weight is 270 g/mol. The van der Waals surface area contributed by atoms with Crippen LogP contribution in [0.25, 0.3) is 0 Å². The second kappa shape index (κ2) is 7.58. The van der Waals surface area contributed by atoms with E-state index >= 15 is 0 Å². The molecule has 5 nitrogen and oxygen atoms in total. The molecule has 3 N–H and O–H groups in total. The van der Waals surface area contributed by atoms with E-state index in [0.717, 1.165) is 12.5 Å². The topological polar surface area (TPSA) is 73.6 Å². The first-order valence-corrected chi connectivity index (χ1v) is 6.03. The lowest BCUT2D eigenvalue weighted by molar-refractivity contribution is -0.127. The van der Waals surface area contributed by atoms with Crippen molar-refractivity contribution < 1.29 is 18.7 Å². The molecule has 0 saturated carbocycles. The van der Waals surface area contributed by atoms with Gasteiger partial charge in [0.15, 0.2) is 6.10 Å². The zero-order valence-corrected chi connectivity index (χ0v) is 11.1. The summed E-state index contributed by atoms with van der Waals surface area (Å²) in [5, 5.41) is 2.71. The Labute approximate surface area is 111 Å². The van der Waals surface area contributed by atoms with E-state index in [2.05, 4.69) is 5.32 Å². The summed E-state index contributed by atoms with van der Waals surface area (Å²) in [5.74, 6) is -0.401. The molecule has 1 rings (SSSR count). The molecule has 1 aromatic rings. The van der Waals surface area contributed by atoms with Gasteiger partial charge in [-0.3, -0.25) is 4.79 Å². The molecule has 0 bridgehead atoms. The van der Waals surface area contributed by atoms with Crippen molar-refractivity contribution in [3.8, 4) is 5.75 Å². The largest absolute Gasteiger partial charge is 0.479 e. The first kappa shape index (κ1) is 15.2. The molecule has 0 aliphatic rings. The number of anilines is 1. The number of benzene rings is 1. The standard InChI is InChI=1S/C13H19FN2O3/c1-9(13(17)16-6-3-7-18-2)19-12-5-4-10(14)8-11(12)15/h4-5,8-9H,3,6-7,15H2,1-2H3,(H,16,17). The van der Waals surface area contributed by atoms with Gasteiger partial charge in [-0.2, -0.15) is 0 Å². The van der Waals surface area contributed by atoms with Crippen LogP contribution in [-0.2, 0) is 9.53 Å². The minimum Gasteiger partial charge on any atom is -0.479 e. The summed E-state index contributed by atoms with van der Waals surface area (Å²) in [4.78, 5) is 11.7. The fraction of sp³-hybridized carbons (Fsp3) is 0.462. The number of hydrogen-bond donors (Lipinski definition) is 2. The predicted octanol–water partition coefficient (Wildman–Crippen LogP) is 1.33. The Bertz CT molecular complexity index is 426. The normalized spacial score (nSPS) is 11.9. The number of rotatable bonds is 7. The quantitative estimate of drug-likeness (QED) is 0.579. The minimum atomic E-state index is -0.699. The average Bonchev–Trinajstić information content (AvgIpc) is 2.37. The lowest BCUT2D eigenvalue weighted by atomic mass is 10.3. The van der Waals surface area contributed by atoms with Gasteiger partial charge in [-0.25, -0.2) is 4.39 Å². The van der Waals surface area contributed by atoms with Crippen LogP contribution >= 0.6 is 0 Å². The molecular formula is C13H19FN2O3. The smallest absolute Gasteiger partial charge is 0.260 e. The molecule has 19 heavy (non-hydrogen) atoms. The van der Waals surface area contributed by atoms with Crippen LogP contribution < -0.4 is 15.8 Å². The molecule has 1 aromatic carbocycles. The van der Waals surface area contributed by atoms with Gasteiger partial charge in [-0.05, 0) is 25.5 Å². The summed E-state index contributed by atoms with van der Waals surface area (Å²) >= 11 is 0. The lowest BCUT2D eigenvalue weighted by Crippen LogP contribution is -2.37. The van der Waals surface area contributed by atoms with Gasteiger partial charge in [0.1, 0.15) is 11.6 Å². The molecule has 0 spiro atoms. The summed E-state index contributed by atoms with van der Waals surface area (Å²) in [5.41, 5.74) is 5.76. The van der Waals surface area contributed by atoms with E-state index in [1.807, 2.05) is 0 Å². The van der Waals surface area contributed by atoms with Crippen LogP contribution in [0.3, 0.4) is 0 Å². The number of halogens is 1. The predicted molar refractivity (Wildman–Crippen MR) is 70.4 cm³/mol. The van der Waals surface area contributed by atoms with Gasteiger partial charge < -0.3 is 20.5 Å². The fourth-order valence-electron chi connectivity index (χ4n) is 1.44. The van der Waals surface area contributed by atoms with Gasteiger partial charge in [-0.15, -0.1) is 0 Å². The zero-order valence-electron chi connectivity index (χ0n) is 11.1. The van der Waals surface area contributed by atoms with Gasteiger partial charge in [0.2, 0.25) is 0 Å². The molecule has 106 valence electrons. The number of nitrogens with one attached hydrogen (secondary N) is 1. The maximum Gasteiger partial charge on any atom is 0.260 e. The maximum absolute atomic E-state index is 12.9. The third-order valence-corrected chi connectivity index (χ3v) is 2.47. The van der Waals surface area contributed by atoms with Crippen molar-refractivity contribution in [1.82, 2.24) is 5.32 Å². The van der Waals surface area contributed by atoms with Crippen LogP contribution in [0.4, 0.5) is 10.1 Å². The SMILES string of the molecule is COCCCNC(=O)C(C)Oc1ccc(F)cc1N. The molecule has 0 aliphatic heterocycles. The number of carbonyl (C=O) groups is 1. The first-order chi connectivity index (χ1) is 9.04. The highest BCUT2D eigenvalue weighted by Crippen LogP contribution is 2.22. The fourth-order valence-corrected chi connectivity index (χ4v) is 1.44. The Hall–Kier alpha value is -1.82. The van der Waals surface area contributed by atoms with Crippen LogP contribution in [0.5, 0.6) is 5.75 Å². The van der Waals surface area contributed by atoms with Crippen molar-refractivity contribution in [1.29, 1.82) is 0 Å². The Morgan fingerprint density at radius 1 is 1.53 bits per heavy atom. The number of carbonyl (C=O) groups excluding carboxylic acids is 1. The van der Waals surface area contributed by atoms with Gasteiger partial charge >= 0.3 is 0 Å². The highest BCUT2D eigenvalue weighted by Gasteiger charge is 2.15. The van der Waals surface area contributed by atoms with Crippen LogP contribution in [0.15, 0.2) is 18.2 Å². The van der Waals surface area contributed by atoms with Gasteiger partial charge in [0.05, 0.1) is 5.69 Å². The summed E-state index contributed by atoms with van der Waals surface area (Å²) in [6.45, 7) is 2.70. The zero-order chi connectivity index (χ0) is 14.3. The van der Waals surface area contributed by atoms with E-state index in [1.54, 1.807) is 14.0 Å². The number of ether oxygens (including phenoxy) is 2. The molecule has 0 aliphatic carbocycles. The van der Waals surface area contributed by atoms with E-state index in [4.69, 9.17) is 15.2 Å². The molecule has 0 radical (unpaired) electrons. The van der Waals surface area contributed by atoms with E-state index in [9.17, 15) is 9.18 Å². The summed E-state index contributed by atoms with van der Waals surface area (Å²) in [7, 11) is 1.60. The molecule has 0 aromatic heterocycles. The Morgan fingerprint density at radius 2 is 2.26 bits per heavy atom. The monoisotopic (exact) mass is 270 g/mol. The number of amides is 1. The number of hydrogen-bond acceptors (Lipinski definition) is 4.